The summed E-state index contributed by atoms with van der Waals surface area (Å²) in [6, 6.07) is 11.4. The van der Waals surface area contributed by atoms with Crippen LogP contribution in [0.4, 0.5) is 0 Å². The molecule has 7 rings (SSSR count). The summed E-state index contributed by atoms with van der Waals surface area (Å²) in [4.78, 5) is 22.7. The lowest BCUT2D eigenvalue weighted by molar-refractivity contribution is 0.0563. The molecule has 216 valence electrons. The monoisotopic (exact) mass is 553 g/mol. The van der Waals surface area contributed by atoms with Crippen molar-refractivity contribution in [3.63, 3.8) is 0 Å². The number of H-pyrrole nitrogens is 1. The van der Waals surface area contributed by atoms with Gasteiger partial charge in [0.2, 0.25) is 0 Å². The minimum absolute atomic E-state index is 0.0290. The van der Waals surface area contributed by atoms with Gasteiger partial charge in [0.05, 0.1) is 5.41 Å². The molecule has 0 bridgehead atoms. The summed E-state index contributed by atoms with van der Waals surface area (Å²) in [5.41, 5.74) is 5.19. The number of hydrogen-bond donors (Lipinski definition) is 1. The first-order valence-electron chi connectivity index (χ1n) is 15.4. The zero-order valence-corrected chi connectivity index (χ0v) is 25.1. The van der Waals surface area contributed by atoms with Crippen molar-refractivity contribution in [2.45, 2.75) is 70.4 Å². The van der Waals surface area contributed by atoms with E-state index in [1.165, 1.54) is 24.0 Å². The molecule has 1 atom stereocenters. The SMILES string of the molecule is CC1CC(c2cccc(-n3cc(C4CC4)c4cc(CN5CCN(C)C[C@@H]5C(C)C)[nH]c4c3=O)c2)(c2nncn2C)C1. The Hall–Kier alpha value is -3.23. The average Bonchev–Trinajstić information content (AvgIpc) is 3.55. The predicted octanol–water partition coefficient (Wildman–Crippen LogP) is 4.81. The van der Waals surface area contributed by atoms with Gasteiger partial charge in [0, 0.05) is 62.2 Å². The number of pyridine rings is 1. The minimum Gasteiger partial charge on any atom is -0.353 e. The van der Waals surface area contributed by atoms with Gasteiger partial charge in [0.15, 0.2) is 0 Å². The lowest BCUT2D eigenvalue weighted by Gasteiger charge is -2.46. The van der Waals surface area contributed by atoms with E-state index in [0.717, 1.165) is 67.1 Å². The van der Waals surface area contributed by atoms with Crippen molar-refractivity contribution in [1.82, 2.24) is 34.1 Å². The highest BCUT2D eigenvalue weighted by Gasteiger charge is 2.48. The Morgan fingerprint density at radius 1 is 1.12 bits per heavy atom. The molecule has 0 spiro atoms. The molecule has 1 aliphatic heterocycles. The Morgan fingerprint density at radius 2 is 1.93 bits per heavy atom. The van der Waals surface area contributed by atoms with Crippen molar-refractivity contribution >= 4 is 10.9 Å². The fourth-order valence-electron chi connectivity index (χ4n) is 7.68. The molecule has 0 amide bonds. The van der Waals surface area contributed by atoms with E-state index < -0.39 is 0 Å². The molecule has 4 aromatic rings. The summed E-state index contributed by atoms with van der Waals surface area (Å²) in [5, 5.41) is 9.84. The van der Waals surface area contributed by atoms with Gasteiger partial charge in [-0.1, -0.05) is 32.9 Å². The van der Waals surface area contributed by atoms with Crippen LogP contribution in [0, 0.1) is 11.8 Å². The molecule has 4 heterocycles. The topological polar surface area (TPSA) is 75.0 Å². The number of likely N-dealkylation sites (N-methyl/N-ethyl adjacent to an activating group) is 1. The molecule has 1 aromatic carbocycles. The van der Waals surface area contributed by atoms with Gasteiger partial charge in [-0.05, 0) is 79.8 Å². The average molecular weight is 554 g/mol. The smallest absolute Gasteiger partial charge is 0.279 e. The quantitative estimate of drug-likeness (QED) is 0.356. The highest BCUT2D eigenvalue weighted by Crippen LogP contribution is 2.51. The molecule has 1 saturated heterocycles. The number of aromatic nitrogens is 5. The van der Waals surface area contributed by atoms with Gasteiger partial charge in [-0.2, -0.15) is 0 Å². The maximum atomic E-state index is 14.1. The normalized spacial score (nSPS) is 25.7. The fraction of sp³-hybridized carbons (Fsp3) is 0.545. The molecule has 3 aromatic heterocycles. The Kier molecular flexibility index (Phi) is 6.47. The van der Waals surface area contributed by atoms with E-state index in [9.17, 15) is 4.79 Å². The van der Waals surface area contributed by atoms with Crippen LogP contribution in [-0.4, -0.2) is 66.8 Å². The van der Waals surface area contributed by atoms with Crippen molar-refractivity contribution in [1.29, 1.82) is 0 Å². The van der Waals surface area contributed by atoms with E-state index in [-0.39, 0.29) is 11.0 Å². The second-order valence-electron chi connectivity index (χ2n) is 13.6. The molecule has 8 nitrogen and oxygen atoms in total. The number of aryl methyl sites for hydroxylation is 1. The fourth-order valence-corrected chi connectivity index (χ4v) is 7.68. The predicted molar refractivity (Wildman–Crippen MR) is 163 cm³/mol. The molecule has 3 aliphatic rings. The maximum Gasteiger partial charge on any atom is 0.279 e. The third-order valence-electron chi connectivity index (χ3n) is 9.99. The van der Waals surface area contributed by atoms with E-state index in [1.54, 1.807) is 6.33 Å². The van der Waals surface area contributed by atoms with E-state index in [1.807, 2.05) is 16.2 Å². The number of nitrogens with one attached hydrogen (secondary N) is 1. The van der Waals surface area contributed by atoms with Crippen molar-refractivity contribution in [3.8, 4) is 5.69 Å². The highest BCUT2D eigenvalue weighted by molar-refractivity contribution is 5.84. The van der Waals surface area contributed by atoms with E-state index >= 15 is 0 Å². The molecule has 0 unspecified atom stereocenters. The van der Waals surface area contributed by atoms with E-state index in [4.69, 9.17) is 0 Å². The van der Waals surface area contributed by atoms with Gasteiger partial charge in [0.25, 0.3) is 5.56 Å². The van der Waals surface area contributed by atoms with Crippen molar-refractivity contribution in [2.75, 3.05) is 26.7 Å². The van der Waals surface area contributed by atoms with Crippen molar-refractivity contribution < 1.29 is 0 Å². The van der Waals surface area contributed by atoms with Crippen LogP contribution in [-0.2, 0) is 19.0 Å². The Labute approximate surface area is 242 Å². The minimum atomic E-state index is -0.164. The van der Waals surface area contributed by atoms with Gasteiger partial charge in [-0.15, -0.1) is 10.2 Å². The van der Waals surface area contributed by atoms with Gasteiger partial charge in [-0.25, -0.2) is 0 Å². The number of aromatic amines is 1. The van der Waals surface area contributed by atoms with E-state index in [0.29, 0.717) is 23.8 Å². The molecule has 0 radical (unpaired) electrons. The Bertz CT molecular complexity index is 1630. The van der Waals surface area contributed by atoms with Crippen LogP contribution < -0.4 is 5.56 Å². The summed E-state index contributed by atoms with van der Waals surface area (Å²) in [7, 11) is 4.24. The summed E-state index contributed by atoms with van der Waals surface area (Å²) >= 11 is 0. The number of rotatable bonds is 7. The largest absolute Gasteiger partial charge is 0.353 e. The lowest BCUT2D eigenvalue weighted by atomic mass is 9.58. The summed E-state index contributed by atoms with van der Waals surface area (Å²) in [5.74, 6) is 2.74. The second kappa shape index (κ2) is 9.95. The van der Waals surface area contributed by atoms with Gasteiger partial charge in [-0.3, -0.25) is 14.3 Å². The number of nitrogens with zero attached hydrogens (tertiary/aromatic N) is 6. The molecule has 3 fully saturated rings. The first-order valence-corrected chi connectivity index (χ1v) is 15.4. The van der Waals surface area contributed by atoms with Crippen LogP contribution in [0.15, 0.2) is 47.7 Å². The van der Waals surface area contributed by atoms with E-state index in [2.05, 4.69) is 89.3 Å². The maximum absolute atomic E-state index is 14.1. The number of piperazine rings is 1. The Morgan fingerprint density at radius 3 is 2.61 bits per heavy atom. The Balaban J connectivity index is 1.28. The third kappa shape index (κ3) is 4.56. The lowest BCUT2D eigenvalue weighted by Crippen LogP contribution is -2.53. The second-order valence-corrected chi connectivity index (χ2v) is 13.6. The summed E-state index contributed by atoms with van der Waals surface area (Å²) < 4.78 is 3.94. The van der Waals surface area contributed by atoms with Crippen molar-refractivity contribution in [3.05, 3.63) is 75.9 Å². The molecule has 8 heteroatoms. The molecule has 2 aliphatic carbocycles. The molecule has 41 heavy (non-hydrogen) atoms. The number of hydrogen-bond acceptors (Lipinski definition) is 5. The van der Waals surface area contributed by atoms with Gasteiger partial charge in [0.1, 0.15) is 17.7 Å². The van der Waals surface area contributed by atoms with Crippen molar-refractivity contribution in [2.24, 2.45) is 18.9 Å². The number of benzene rings is 1. The first kappa shape index (κ1) is 26.7. The molecule has 2 saturated carbocycles. The number of fused-ring (bicyclic) bond motifs is 1. The molecular formula is C33H43N7O. The standard InChI is InChI=1S/C33H43N7O/c1-21(2)29-19-37(4)11-12-39(29)17-25-14-27-28(23-9-10-23)18-40(31(41)30(27)35-25)26-8-6-7-24(13-26)33(15-22(3)16-33)32-36-34-20-38(32)5/h6-8,13-14,18,20-23,29,35H,9-12,15-17,19H2,1-5H3/t22?,29-,33?/m1/s1. The third-order valence-corrected chi connectivity index (χ3v) is 9.99. The van der Waals surface area contributed by atoms with Crippen LogP contribution in [0.3, 0.4) is 0 Å². The summed E-state index contributed by atoms with van der Waals surface area (Å²) in [6.45, 7) is 11.0. The van der Waals surface area contributed by atoms with Crippen LogP contribution in [0.1, 0.15) is 75.0 Å². The first-order chi connectivity index (χ1) is 19.7. The zero-order valence-electron chi connectivity index (χ0n) is 25.1. The zero-order chi connectivity index (χ0) is 28.5. The van der Waals surface area contributed by atoms with Crippen LogP contribution in [0.5, 0.6) is 0 Å². The van der Waals surface area contributed by atoms with Gasteiger partial charge < -0.3 is 14.5 Å². The molecular weight excluding hydrogens is 510 g/mol. The van der Waals surface area contributed by atoms with Crippen LogP contribution in [0.25, 0.3) is 16.6 Å². The highest BCUT2D eigenvalue weighted by atomic mass is 16.1. The van der Waals surface area contributed by atoms with Crippen LogP contribution in [0.2, 0.25) is 0 Å². The van der Waals surface area contributed by atoms with Crippen LogP contribution >= 0.6 is 0 Å². The van der Waals surface area contributed by atoms with Gasteiger partial charge >= 0.3 is 0 Å². The summed E-state index contributed by atoms with van der Waals surface area (Å²) in [6.07, 6.45) is 8.37. The molecule has 1 N–H and O–H groups in total.